The largest absolute Gasteiger partial charge is 0.354 e. The lowest BCUT2D eigenvalue weighted by Gasteiger charge is -2.16. The van der Waals surface area contributed by atoms with Gasteiger partial charge in [-0.25, -0.2) is 0 Å². The van der Waals surface area contributed by atoms with Crippen molar-refractivity contribution in [2.45, 2.75) is 12.8 Å². The minimum atomic E-state index is -0.880. The molecule has 114 valence electrons. The lowest BCUT2D eigenvalue weighted by molar-refractivity contribution is -0.134. The van der Waals surface area contributed by atoms with Gasteiger partial charge in [0.2, 0.25) is 11.8 Å². The lowest BCUT2D eigenvalue weighted by atomic mass is 10.1. The Morgan fingerprint density at radius 3 is 2.57 bits per heavy atom. The maximum absolute atomic E-state index is 12.3. The first-order chi connectivity index (χ1) is 9.94. The molecule has 21 heavy (non-hydrogen) atoms. The Kier molecular flexibility index (Phi) is 5.00. The summed E-state index contributed by atoms with van der Waals surface area (Å²) in [6.07, 6.45) is 1.22. The molecule has 1 aromatic carbocycles. The SMILES string of the molecule is CN(C)CCNC(=O)C1(C(=O)Nc2cccc(Br)c2)CC1. The molecule has 1 aromatic rings. The lowest BCUT2D eigenvalue weighted by Crippen LogP contribution is -2.42. The van der Waals surface area contributed by atoms with E-state index >= 15 is 0 Å². The first-order valence-corrected chi connectivity index (χ1v) is 7.73. The van der Waals surface area contributed by atoms with Crippen LogP contribution in [0.4, 0.5) is 5.69 Å². The van der Waals surface area contributed by atoms with E-state index in [0.717, 1.165) is 11.0 Å². The fourth-order valence-electron chi connectivity index (χ4n) is 2.06. The van der Waals surface area contributed by atoms with E-state index in [1.165, 1.54) is 0 Å². The fourth-order valence-corrected chi connectivity index (χ4v) is 2.46. The monoisotopic (exact) mass is 353 g/mol. The van der Waals surface area contributed by atoms with Crippen molar-refractivity contribution in [1.82, 2.24) is 10.2 Å². The third-order valence-corrected chi connectivity index (χ3v) is 4.04. The molecule has 2 amide bonds. The Bertz CT molecular complexity index is 541. The second-order valence-electron chi connectivity index (χ2n) is 5.61. The van der Waals surface area contributed by atoms with Crippen LogP contribution < -0.4 is 10.6 Å². The van der Waals surface area contributed by atoms with Gasteiger partial charge in [0.15, 0.2) is 0 Å². The second kappa shape index (κ2) is 6.58. The van der Waals surface area contributed by atoms with Gasteiger partial charge in [-0.15, -0.1) is 0 Å². The van der Waals surface area contributed by atoms with E-state index in [1.54, 1.807) is 0 Å². The highest BCUT2D eigenvalue weighted by Gasteiger charge is 2.56. The Labute approximate surface area is 133 Å². The molecule has 0 unspecified atom stereocenters. The number of hydrogen-bond donors (Lipinski definition) is 2. The molecule has 0 bridgehead atoms. The zero-order chi connectivity index (χ0) is 15.5. The number of nitrogens with one attached hydrogen (secondary N) is 2. The molecule has 2 N–H and O–H groups in total. The summed E-state index contributed by atoms with van der Waals surface area (Å²) in [6.45, 7) is 1.31. The van der Waals surface area contributed by atoms with E-state index < -0.39 is 5.41 Å². The van der Waals surface area contributed by atoms with Crippen molar-refractivity contribution in [2.75, 3.05) is 32.5 Å². The number of halogens is 1. The van der Waals surface area contributed by atoms with Gasteiger partial charge in [-0.3, -0.25) is 9.59 Å². The van der Waals surface area contributed by atoms with Crippen molar-refractivity contribution in [3.05, 3.63) is 28.7 Å². The first-order valence-electron chi connectivity index (χ1n) is 6.94. The van der Waals surface area contributed by atoms with Crippen LogP contribution in [0.2, 0.25) is 0 Å². The third kappa shape index (κ3) is 4.04. The van der Waals surface area contributed by atoms with Gasteiger partial charge in [-0.1, -0.05) is 22.0 Å². The number of carbonyl (C=O) groups excluding carboxylic acids is 2. The highest BCUT2D eigenvalue weighted by Crippen LogP contribution is 2.46. The van der Waals surface area contributed by atoms with Crippen molar-refractivity contribution in [3.8, 4) is 0 Å². The van der Waals surface area contributed by atoms with Crippen LogP contribution in [0.25, 0.3) is 0 Å². The number of nitrogens with zero attached hydrogens (tertiary/aromatic N) is 1. The maximum Gasteiger partial charge on any atom is 0.240 e. The van der Waals surface area contributed by atoms with Gasteiger partial charge in [0.05, 0.1) is 0 Å². The molecule has 0 aromatic heterocycles. The zero-order valence-electron chi connectivity index (χ0n) is 12.3. The van der Waals surface area contributed by atoms with Crippen molar-refractivity contribution in [2.24, 2.45) is 5.41 Å². The molecule has 0 heterocycles. The molecular formula is C15H20BrN3O2. The molecule has 0 atom stereocenters. The van der Waals surface area contributed by atoms with E-state index in [1.807, 2.05) is 43.3 Å². The van der Waals surface area contributed by atoms with Crippen LogP contribution in [0.3, 0.4) is 0 Å². The van der Waals surface area contributed by atoms with Gasteiger partial charge in [0.25, 0.3) is 0 Å². The smallest absolute Gasteiger partial charge is 0.240 e. The van der Waals surface area contributed by atoms with Gasteiger partial charge in [0, 0.05) is 23.2 Å². The topological polar surface area (TPSA) is 61.4 Å². The average molecular weight is 354 g/mol. The molecule has 0 saturated heterocycles. The van der Waals surface area contributed by atoms with Gasteiger partial charge in [-0.05, 0) is 45.1 Å². The molecule has 1 fully saturated rings. The standard InChI is InChI=1S/C15H20BrN3O2/c1-19(2)9-8-17-13(20)15(6-7-15)14(21)18-12-5-3-4-11(16)10-12/h3-5,10H,6-9H2,1-2H3,(H,17,20)(H,18,21). The minimum Gasteiger partial charge on any atom is -0.354 e. The van der Waals surface area contributed by atoms with Crippen molar-refractivity contribution >= 4 is 33.4 Å². The summed E-state index contributed by atoms with van der Waals surface area (Å²) in [7, 11) is 3.89. The molecule has 1 aliphatic rings. The van der Waals surface area contributed by atoms with Gasteiger partial charge >= 0.3 is 0 Å². The summed E-state index contributed by atoms with van der Waals surface area (Å²) in [5.41, 5.74) is -0.184. The molecule has 0 spiro atoms. The molecule has 2 rings (SSSR count). The van der Waals surface area contributed by atoms with Crippen molar-refractivity contribution in [1.29, 1.82) is 0 Å². The molecule has 0 radical (unpaired) electrons. The summed E-state index contributed by atoms with van der Waals surface area (Å²) in [4.78, 5) is 26.5. The first kappa shape index (κ1) is 16.0. The molecule has 0 aliphatic heterocycles. The van der Waals surface area contributed by atoms with E-state index in [-0.39, 0.29) is 11.8 Å². The summed E-state index contributed by atoms with van der Waals surface area (Å²) in [5.74, 6) is -0.389. The Hall–Kier alpha value is -1.40. The molecule has 6 heteroatoms. The number of carbonyl (C=O) groups is 2. The van der Waals surface area contributed by atoms with E-state index in [4.69, 9.17) is 0 Å². The summed E-state index contributed by atoms with van der Waals surface area (Å²) in [5, 5.41) is 5.67. The summed E-state index contributed by atoms with van der Waals surface area (Å²) >= 11 is 3.36. The van der Waals surface area contributed by atoms with E-state index in [0.29, 0.717) is 25.1 Å². The molecule has 1 aliphatic carbocycles. The van der Waals surface area contributed by atoms with Crippen molar-refractivity contribution in [3.63, 3.8) is 0 Å². The van der Waals surface area contributed by atoms with Crippen LogP contribution in [-0.2, 0) is 9.59 Å². The van der Waals surface area contributed by atoms with Crippen LogP contribution >= 0.6 is 15.9 Å². The molecule has 5 nitrogen and oxygen atoms in total. The maximum atomic E-state index is 12.3. The van der Waals surface area contributed by atoms with Gasteiger partial charge in [-0.2, -0.15) is 0 Å². The molecular weight excluding hydrogens is 334 g/mol. The third-order valence-electron chi connectivity index (χ3n) is 3.55. The Balaban J connectivity index is 1.93. The fraction of sp³-hybridized carbons (Fsp3) is 0.467. The highest BCUT2D eigenvalue weighted by molar-refractivity contribution is 9.10. The highest BCUT2D eigenvalue weighted by atomic mass is 79.9. The minimum absolute atomic E-state index is 0.170. The Morgan fingerprint density at radius 2 is 2.00 bits per heavy atom. The van der Waals surface area contributed by atoms with E-state index in [2.05, 4.69) is 26.6 Å². The van der Waals surface area contributed by atoms with Crippen LogP contribution in [0.15, 0.2) is 28.7 Å². The number of rotatable bonds is 6. The van der Waals surface area contributed by atoms with Crippen molar-refractivity contribution < 1.29 is 9.59 Å². The predicted octanol–water partition coefficient (Wildman–Crippen LogP) is 1.85. The number of likely N-dealkylation sites (N-methyl/N-ethyl adjacent to an activating group) is 1. The second-order valence-corrected chi connectivity index (χ2v) is 6.52. The van der Waals surface area contributed by atoms with Crippen LogP contribution in [0.1, 0.15) is 12.8 Å². The summed E-state index contributed by atoms with van der Waals surface area (Å²) in [6, 6.07) is 7.35. The Morgan fingerprint density at radius 1 is 1.29 bits per heavy atom. The van der Waals surface area contributed by atoms with Gasteiger partial charge < -0.3 is 15.5 Å². The number of benzene rings is 1. The summed E-state index contributed by atoms with van der Waals surface area (Å²) < 4.78 is 0.889. The van der Waals surface area contributed by atoms with Crippen LogP contribution in [0.5, 0.6) is 0 Å². The normalized spacial score (nSPS) is 15.6. The average Bonchev–Trinajstić information content (AvgIpc) is 3.19. The van der Waals surface area contributed by atoms with E-state index in [9.17, 15) is 9.59 Å². The zero-order valence-corrected chi connectivity index (χ0v) is 13.9. The number of anilines is 1. The van der Waals surface area contributed by atoms with Gasteiger partial charge in [0.1, 0.15) is 5.41 Å². The van der Waals surface area contributed by atoms with Crippen LogP contribution in [-0.4, -0.2) is 43.9 Å². The quantitative estimate of drug-likeness (QED) is 0.767. The predicted molar refractivity (Wildman–Crippen MR) is 86.0 cm³/mol. The molecule has 1 saturated carbocycles. The number of amides is 2. The van der Waals surface area contributed by atoms with Crippen LogP contribution in [0, 0.1) is 5.41 Å². The number of hydrogen-bond acceptors (Lipinski definition) is 3.